The normalized spacial score (nSPS) is 8.86. The number of hydrogen-bond acceptors (Lipinski definition) is 2. The average Bonchev–Trinajstić information content (AvgIpc) is 2.21. The Labute approximate surface area is 92.1 Å². The van der Waals surface area contributed by atoms with Crippen LogP contribution in [0.5, 0.6) is 0 Å². The van der Waals surface area contributed by atoms with Crippen LogP contribution in [0.15, 0.2) is 22.7 Å². The lowest BCUT2D eigenvalue weighted by Crippen LogP contribution is -2.02. The Kier molecular flexibility index (Phi) is 6.16. The number of halogens is 1. The summed E-state index contributed by atoms with van der Waals surface area (Å²) in [6.07, 6.45) is 0. The second-order valence-electron chi connectivity index (χ2n) is 2.32. The molecule has 0 unspecified atom stereocenters. The zero-order valence-corrected chi connectivity index (χ0v) is 9.84. The monoisotopic (exact) mass is 259 g/mol. The van der Waals surface area contributed by atoms with E-state index >= 15 is 0 Å². The summed E-state index contributed by atoms with van der Waals surface area (Å²) in [4.78, 5) is 10.5. The smallest absolute Gasteiger partial charge is 0.335 e. The highest BCUT2D eigenvalue weighted by Crippen LogP contribution is 2.17. The van der Waals surface area contributed by atoms with Gasteiger partial charge in [-0.05, 0) is 23.8 Å². The third-order valence-corrected chi connectivity index (χ3v) is 2.29. The van der Waals surface area contributed by atoms with Crippen LogP contribution in [0.3, 0.4) is 0 Å². The molecule has 0 aliphatic rings. The predicted molar refractivity (Wildman–Crippen MR) is 60.3 cm³/mol. The molecule has 0 aliphatic carbocycles. The molecule has 0 aliphatic heterocycles. The number of carboxylic acid groups (broad SMARTS) is 1. The highest BCUT2D eigenvalue weighted by molar-refractivity contribution is 9.10. The van der Waals surface area contributed by atoms with Gasteiger partial charge in [0.25, 0.3) is 0 Å². The third kappa shape index (κ3) is 3.47. The number of aromatic carboxylic acids is 1. The fourth-order valence-electron chi connectivity index (χ4n) is 0.864. The Morgan fingerprint density at radius 3 is 2.50 bits per heavy atom. The quantitative estimate of drug-likeness (QED) is 0.859. The first-order valence-corrected chi connectivity index (χ1v) is 5.16. The fourth-order valence-corrected chi connectivity index (χ4v) is 1.27. The van der Waals surface area contributed by atoms with Crippen LogP contribution < -0.4 is 5.73 Å². The largest absolute Gasteiger partial charge is 0.478 e. The van der Waals surface area contributed by atoms with Gasteiger partial charge in [0.15, 0.2) is 0 Å². The van der Waals surface area contributed by atoms with Gasteiger partial charge in [-0.3, -0.25) is 0 Å². The van der Waals surface area contributed by atoms with Crippen LogP contribution in [0.4, 0.5) is 0 Å². The molecule has 1 rings (SSSR count). The number of carbonyl (C=O) groups is 1. The average molecular weight is 260 g/mol. The van der Waals surface area contributed by atoms with E-state index in [4.69, 9.17) is 10.8 Å². The minimum atomic E-state index is -0.933. The summed E-state index contributed by atoms with van der Waals surface area (Å²) >= 11 is 3.27. The van der Waals surface area contributed by atoms with Crippen molar-refractivity contribution in [3.05, 3.63) is 33.8 Å². The summed E-state index contributed by atoms with van der Waals surface area (Å²) in [5.74, 6) is -0.933. The Bertz CT molecular complexity index is 313. The molecule has 0 aromatic heterocycles. The van der Waals surface area contributed by atoms with Crippen LogP contribution in [-0.2, 0) is 6.54 Å². The van der Waals surface area contributed by atoms with Crippen molar-refractivity contribution >= 4 is 21.9 Å². The topological polar surface area (TPSA) is 63.3 Å². The van der Waals surface area contributed by atoms with E-state index in [2.05, 4.69) is 15.9 Å². The molecular weight excluding hydrogens is 246 g/mol. The molecule has 3 N–H and O–H groups in total. The molecule has 1 aromatic carbocycles. The van der Waals surface area contributed by atoms with Crippen LogP contribution in [0.25, 0.3) is 0 Å². The van der Waals surface area contributed by atoms with Gasteiger partial charge in [-0.25, -0.2) is 4.79 Å². The lowest BCUT2D eigenvalue weighted by molar-refractivity contribution is 0.0697. The maximum Gasteiger partial charge on any atom is 0.335 e. The van der Waals surface area contributed by atoms with Gasteiger partial charge in [0.2, 0.25) is 0 Å². The summed E-state index contributed by atoms with van der Waals surface area (Å²) in [5, 5.41) is 8.64. The number of rotatable bonds is 2. The van der Waals surface area contributed by atoms with Crippen molar-refractivity contribution in [1.29, 1.82) is 0 Å². The van der Waals surface area contributed by atoms with Gasteiger partial charge >= 0.3 is 5.97 Å². The van der Waals surface area contributed by atoms with Crippen molar-refractivity contribution in [3.63, 3.8) is 0 Å². The molecule has 0 radical (unpaired) electrons. The van der Waals surface area contributed by atoms with Gasteiger partial charge < -0.3 is 10.8 Å². The van der Waals surface area contributed by atoms with Gasteiger partial charge in [-0.1, -0.05) is 29.8 Å². The van der Waals surface area contributed by atoms with E-state index in [1.165, 1.54) is 6.07 Å². The van der Waals surface area contributed by atoms with E-state index in [0.717, 1.165) is 10.0 Å². The molecule has 0 saturated heterocycles. The standard InChI is InChI=1S/C8H8BrNO2.C2H6/c9-7-2-1-5(8(11)12)3-6(7)4-10;1-2/h1-3H,4,10H2,(H,11,12);1-2H3. The highest BCUT2D eigenvalue weighted by atomic mass is 79.9. The van der Waals surface area contributed by atoms with Crippen molar-refractivity contribution in [2.75, 3.05) is 0 Å². The van der Waals surface area contributed by atoms with Crippen LogP contribution in [0.2, 0.25) is 0 Å². The Morgan fingerprint density at radius 2 is 2.07 bits per heavy atom. The molecule has 0 spiro atoms. The van der Waals surface area contributed by atoms with Gasteiger partial charge in [0.1, 0.15) is 0 Å². The van der Waals surface area contributed by atoms with Crippen LogP contribution in [-0.4, -0.2) is 11.1 Å². The lowest BCUT2D eigenvalue weighted by atomic mass is 10.1. The molecule has 14 heavy (non-hydrogen) atoms. The fraction of sp³-hybridized carbons (Fsp3) is 0.300. The Morgan fingerprint density at radius 1 is 1.50 bits per heavy atom. The first kappa shape index (κ1) is 13.1. The second kappa shape index (κ2) is 6.56. The molecule has 0 amide bonds. The van der Waals surface area contributed by atoms with Crippen molar-refractivity contribution < 1.29 is 9.90 Å². The zero-order valence-electron chi connectivity index (χ0n) is 8.25. The van der Waals surface area contributed by atoms with E-state index in [-0.39, 0.29) is 5.56 Å². The summed E-state index contributed by atoms with van der Waals surface area (Å²) in [5.41, 5.74) is 6.46. The number of nitrogens with two attached hydrogens (primary N) is 1. The van der Waals surface area contributed by atoms with Crippen LogP contribution >= 0.6 is 15.9 Å². The summed E-state index contributed by atoms with van der Waals surface area (Å²) in [6, 6.07) is 4.78. The molecule has 0 fully saturated rings. The minimum Gasteiger partial charge on any atom is -0.478 e. The van der Waals surface area contributed by atoms with E-state index < -0.39 is 5.97 Å². The summed E-state index contributed by atoms with van der Waals surface area (Å²) in [7, 11) is 0. The maximum atomic E-state index is 10.5. The van der Waals surface area contributed by atoms with E-state index in [1.807, 2.05) is 13.8 Å². The molecule has 78 valence electrons. The maximum absolute atomic E-state index is 10.5. The molecule has 1 aromatic rings. The van der Waals surface area contributed by atoms with Crippen LogP contribution in [0, 0.1) is 0 Å². The molecular formula is C10H14BrNO2. The minimum absolute atomic E-state index is 0.263. The lowest BCUT2D eigenvalue weighted by Gasteiger charge is -2.01. The van der Waals surface area contributed by atoms with Gasteiger partial charge in [0.05, 0.1) is 5.56 Å². The Balaban J connectivity index is 0.000000791. The Hall–Kier alpha value is -0.870. The summed E-state index contributed by atoms with van der Waals surface area (Å²) < 4.78 is 0.843. The highest BCUT2D eigenvalue weighted by Gasteiger charge is 2.04. The predicted octanol–water partition coefficient (Wildman–Crippen LogP) is 2.63. The molecule has 0 bridgehead atoms. The zero-order chi connectivity index (χ0) is 11.1. The summed E-state index contributed by atoms with van der Waals surface area (Å²) in [6.45, 7) is 4.34. The molecule has 4 heteroatoms. The van der Waals surface area contributed by atoms with Gasteiger partial charge in [-0.2, -0.15) is 0 Å². The second-order valence-corrected chi connectivity index (χ2v) is 3.17. The molecule has 3 nitrogen and oxygen atoms in total. The first-order chi connectivity index (χ1) is 6.65. The first-order valence-electron chi connectivity index (χ1n) is 4.37. The number of carboxylic acids is 1. The number of hydrogen-bond donors (Lipinski definition) is 2. The van der Waals surface area contributed by atoms with E-state index in [1.54, 1.807) is 12.1 Å². The molecule has 0 atom stereocenters. The third-order valence-electron chi connectivity index (χ3n) is 1.51. The van der Waals surface area contributed by atoms with Gasteiger partial charge in [-0.15, -0.1) is 0 Å². The molecule has 0 saturated carbocycles. The van der Waals surface area contributed by atoms with Crippen LogP contribution in [0.1, 0.15) is 29.8 Å². The van der Waals surface area contributed by atoms with Crippen molar-refractivity contribution in [1.82, 2.24) is 0 Å². The van der Waals surface area contributed by atoms with Gasteiger partial charge in [0, 0.05) is 11.0 Å². The van der Waals surface area contributed by atoms with E-state index in [0.29, 0.717) is 6.54 Å². The van der Waals surface area contributed by atoms with Crippen molar-refractivity contribution in [2.24, 2.45) is 5.73 Å². The molecule has 0 heterocycles. The van der Waals surface area contributed by atoms with Crippen molar-refractivity contribution in [2.45, 2.75) is 20.4 Å². The SMILES string of the molecule is CC.NCc1cc(C(=O)O)ccc1Br. The van der Waals surface area contributed by atoms with Crippen molar-refractivity contribution in [3.8, 4) is 0 Å². The van der Waals surface area contributed by atoms with E-state index in [9.17, 15) is 4.79 Å². The number of benzene rings is 1.